The van der Waals surface area contributed by atoms with E-state index < -0.39 is 0 Å². The van der Waals surface area contributed by atoms with Crippen LogP contribution in [-0.2, 0) is 0 Å². The largest absolute Gasteiger partial charge is 0.384 e. The fraction of sp³-hybridized carbons (Fsp3) is 0.500. The molecule has 0 bridgehead atoms. The molecule has 4 heteroatoms. The van der Waals surface area contributed by atoms with Gasteiger partial charge in [-0.3, -0.25) is 0 Å². The van der Waals surface area contributed by atoms with Crippen molar-refractivity contribution in [1.82, 2.24) is 4.90 Å². The second kappa shape index (κ2) is 7.67. The highest BCUT2D eigenvalue weighted by molar-refractivity contribution is 5.57. The Morgan fingerprint density at radius 2 is 2.06 bits per heavy atom. The Morgan fingerprint density at radius 3 is 2.67 bits per heavy atom. The van der Waals surface area contributed by atoms with Crippen LogP contribution in [0.1, 0.15) is 25.8 Å². The molecule has 0 atom stereocenters. The molecule has 0 saturated heterocycles. The van der Waals surface area contributed by atoms with E-state index in [-0.39, 0.29) is 5.82 Å². The Balaban J connectivity index is 2.42. The molecule has 0 amide bonds. The van der Waals surface area contributed by atoms with E-state index in [0.29, 0.717) is 11.3 Å². The van der Waals surface area contributed by atoms with Gasteiger partial charge in [-0.15, -0.1) is 0 Å². The normalized spacial score (nSPS) is 10.4. The lowest BCUT2D eigenvalue weighted by atomic mass is 10.2. The number of nitrogens with one attached hydrogen (secondary N) is 1. The van der Waals surface area contributed by atoms with E-state index in [0.717, 1.165) is 32.6 Å². The van der Waals surface area contributed by atoms with Crippen LogP contribution in [0.4, 0.5) is 10.1 Å². The molecule has 0 heterocycles. The Labute approximate surface area is 108 Å². The molecule has 1 N–H and O–H groups in total. The van der Waals surface area contributed by atoms with E-state index in [1.807, 2.05) is 6.07 Å². The minimum Gasteiger partial charge on any atom is -0.384 e. The van der Waals surface area contributed by atoms with Crippen molar-refractivity contribution in [2.24, 2.45) is 0 Å². The number of nitriles is 1. The van der Waals surface area contributed by atoms with Gasteiger partial charge in [0.1, 0.15) is 11.9 Å². The maximum absolute atomic E-state index is 12.9. The summed E-state index contributed by atoms with van der Waals surface area (Å²) in [5.41, 5.74) is 1.07. The van der Waals surface area contributed by atoms with Gasteiger partial charge in [0.15, 0.2) is 0 Å². The van der Waals surface area contributed by atoms with Crippen LogP contribution in [0.25, 0.3) is 0 Å². The average Bonchev–Trinajstić information content (AvgIpc) is 2.40. The van der Waals surface area contributed by atoms with Crippen LogP contribution in [0.15, 0.2) is 18.2 Å². The fourth-order valence-corrected chi connectivity index (χ4v) is 1.83. The Morgan fingerprint density at radius 1 is 1.33 bits per heavy atom. The summed E-state index contributed by atoms with van der Waals surface area (Å²) in [5.74, 6) is -0.375. The predicted molar refractivity (Wildman–Crippen MR) is 72.0 cm³/mol. The van der Waals surface area contributed by atoms with Crippen molar-refractivity contribution in [2.45, 2.75) is 20.3 Å². The van der Waals surface area contributed by atoms with Crippen LogP contribution >= 0.6 is 0 Å². The second-order valence-electron chi connectivity index (χ2n) is 4.11. The highest BCUT2D eigenvalue weighted by Gasteiger charge is 2.03. The third kappa shape index (κ3) is 4.34. The van der Waals surface area contributed by atoms with Crippen molar-refractivity contribution in [3.8, 4) is 6.07 Å². The SMILES string of the molecule is CCN(CC)CCCNc1ccc(F)cc1C#N. The van der Waals surface area contributed by atoms with E-state index in [2.05, 4.69) is 24.1 Å². The molecule has 18 heavy (non-hydrogen) atoms. The van der Waals surface area contributed by atoms with Crippen molar-refractivity contribution < 1.29 is 4.39 Å². The molecule has 1 aromatic rings. The molecule has 0 saturated carbocycles. The maximum atomic E-state index is 12.9. The summed E-state index contributed by atoms with van der Waals surface area (Å²) in [6.45, 7) is 8.21. The zero-order valence-corrected chi connectivity index (χ0v) is 11.0. The third-order valence-corrected chi connectivity index (χ3v) is 2.96. The zero-order chi connectivity index (χ0) is 13.4. The van der Waals surface area contributed by atoms with E-state index in [9.17, 15) is 4.39 Å². The molecule has 0 aliphatic carbocycles. The van der Waals surface area contributed by atoms with Gasteiger partial charge in [0.05, 0.1) is 11.3 Å². The quantitative estimate of drug-likeness (QED) is 0.755. The van der Waals surface area contributed by atoms with Crippen LogP contribution in [0.5, 0.6) is 0 Å². The van der Waals surface area contributed by atoms with Gasteiger partial charge in [0.2, 0.25) is 0 Å². The summed E-state index contributed by atoms with van der Waals surface area (Å²) in [4.78, 5) is 2.34. The first-order valence-corrected chi connectivity index (χ1v) is 6.37. The molecule has 1 aromatic carbocycles. The van der Waals surface area contributed by atoms with Gasteiger partial charge >= 0.3 is 0 Å². The number of rotatable bonds is 7. The van der Waals surface area contributed by atoms with Crippen LogP contribution in [-0.4, -0.2) is 31.1 Å². The first kappa shape index (κ1) is 14.5. The molecule has 0 aromatic heterocycles. The Bertz CT molecular complexity index is 408. The third-order valence-electron chi connectivity index (χ3n) is 2.96. The van der Waals surface area contributed by atoms with Crippen LogP contribution in [0.2, 0.25) is 0 Å². The molecule has 3 nitrogen and oxygen atoms in total. The summed E-state index contributed by atoms with van der Waals surface area (Å²) < 4.78 is 12.9. The summed E-state index contributed by atoms with van der Waals surface area (Å²) in [6, 6.07) is 6.24. The van der Waals surface area contributed by atoms with Crippen molar-refractivity contribution >= 4 is 5.69 Å². The Hall–Kier alpha value is -1.60. The second-order valence-corrected chi connectivity index (χ2v) is 4.11. The van der Waals surface area contributed by atoms with Gasteiger partial charge in [0.25, 0.3) is 0 Å². The topological polar surface area (TPSA) is 39.1 Å². The molecule has 0 aliphatic heterocycles. The Kier molecular flexibility index (Phi) is 6.16. The maximum Gasteiger partial charge on any atom is 0.124 e. The highest BCUT2D eigenvalue weighted by atomic mass is 19.1. The van der Waals surface area contributed by atoms with Crippen molar-refractivity contribution in [1.29, 1.82) is 5.26 Å². The minimum atomic E-state index is -0.375. The smallest absolute Gasteiger partial charge is 0.124 e. The standard InChI is InChI=1S/C14H20FN3/c1-3-18(4-2)9-5-8-17-14-7-6-13(15)10-12(14)11-16/h6-7,10,17H,3-5,8-9H2,1-2H3. The molecule has 0 fully saturated rings. The van der Waals surface area contributed by atoms with Crippen molar-refractivity contribution in [3.63, 3.8) is 0 Å². The number of anilines is 1. The average molecular weight is 249 g/mol. The van der Waals surface area contributed by atoms with Crippen LogP contribution < -0.4 is 5.32 Å². The van der Waals surface area contributed by atoms with Crippen LogP contribution in [0, 0.1) is 17.1 Å². The van der Waals surface area contributed by atoms with Gasteiger partial charge in [-0.1, -0.05) is 13.8 Å². The van der Waals surface area contributed by atoms with Gasteiger partial charge in [-0.25, -0.2) is 4.39 Å². The lowest BCUT2D eigenvalue weighted by Gasteiger charge is -2.18. The van der Waals surface area contributed by atoms with Gasteiger partial charge < -0.3 is 10.2 Å². The summed E-state index contributed by atoms with van der Waals surface area (Å²) in [7, 11) is 0. The number of hydrogen-bond donors (Lipinski definition) is 1. The summed E-state index contributed by atoms with van der Waals surface area (Å²) in [5, 5.41) is 12.1. The van der Waals surface area contributed by atoms with E-state index >= 15 is 0 Å². The lowest BCUT2D eigenvalue weighted by molar-refractivity contribution is 0.303. The fourth-order valence-electron chi connectivity index (χ4n) is 1.83. The zero-order valence-electron chi connectivity index (χ0n) is 11.0. The summed E-state index contributed by atoms with van der Waals surface area (Å²) >= 11 is 0. The molecule has 0 spiro atoms. The molecule has 1 rings (SSSR count). The van der Waals surface area contributed by atoms with Gasteiger partial charge in [0, 0.05) is 6.54 Å². The molecule has 0 aliphatic rings. The number of benzene rings is 1. The highest BCUT2D eigenvalue weighted by Crippen LogP contribution is 2.15. The number of nitrogens with zero attached hydrogens (tertiary/aromatic N) is 2. The molecular weight excluding hydrogens is 229 g/mol. The van der Waals surface area contributed by atoms with E-state index in [1.165, 1.54) is 12.1 Å². The first-order valence-electron chi connectivity index (χ1n) is 6.37. The van der Waals surface area contributed by atoms with E-state index in [1.54, 1.807) is 6.07 Å². The van der Waals surface area contributed by atoms with Crippen LogP contribution in [0.3, 0.4) is 0 Å². The molecular formula is C14H20FN3. The molecule has 0 radical (unpaired) electrons. The monoisotopic (exact) mass is 249 g/mol. The number of hydrogen-bond acceptors (Lipinski definition) is 3. The lowest BCUT2D eigenvalue weighted by Crippen LogP contribution is -2.25. The van der Waals surface area contributed by atoms with Gasteiger partial charge in [-0.2, -0.15) is 5.26 Å². The predicted octanol–water partition coefficient (Wildman–Crippen LogP) is 2.84. The number of halogens is 1. The molecule has 98 valence electrons. The molecule has 0 unspecified atom stereocenters. The first-order chi connectivity index (χ1) is 8.71. The summed E-state index contributed by atoms with van der Waals surface area (Å²) in [6.07, 6.45) is 1.00. The van der Waals surface area contributed by atoms with Crippen molar-refractivity contribution in [2.75, 3.05) is 31.5 Å². The van der Waals surface area contributed by atoms with E-state index in [4.69, 9.17) is 5.26 Å². The van der Waals surface area contributed by atoms with Crippen molar-refractivity contribution in [3.05, 3.63) is 29.6 Å². The minimum absolute atomic E-state index is 0.359. The van der Waals surface area contributed by atoms with Gasteiger partial charge in [-0.05, 0) is 44.3 Å².